The molecule has 1 saturated heterocycles. The summed E-state index contributed by atoms with van der Waals surface area (Å²) in [6, 6.07) is 6.80. The van der Waals surface area contributed by atoms with E-state index in [9.17, 15) is 5.11 Å². The number of aliphatic hydroxyl groups is 1. The zero-order valence-electron chi connectivity index (χ0n) is 12.4. The molecule has 1 aliphatic heterocycles. The van der Waals surface area contributed by atoms with Crippen LogP contribution < -0.4 is 10.2 Å². The van der Waals surface area contributed by atoms with E-state index < -0.39 is 0 Å². The zero-order chi connectivity index (χ0) is 14.5. The van der Waals surface area contributed by atoms with Gasteiger partial charge < -0.3 is 15.3 Å². The van der Waals surface area contributed by atoms with Crippen molar-refractivity contribution < 1.29 is 5.11 Å². The number of nitrogens with zero attached hydrogens (tertiary/aromatic N) is 1. The van der Waals surface area contributed by atoms with Crippen LogP contribution in [0, 0.1) is 0 Å². The molecule has 20 heavy (non-hydrogen) atoms. The minimum Gasteiger partial charge on any atom is -0.391 e. The highest BCUT2D eigenvalue weighted by atomic mass is 79.9. The number of aliphatic hydroxyl groups excluding tert-OH is 1. The number of nitrogens with one attached hydrogen (secondary N) is 1. The molecule has 0 spiro atoms. The van der Waals surface area contributed by atoms with Gasteiger partial charge in [-0.15, -0.1) is 0 Å². The van der Waals surface area contributed by atoms with Crippen molar-refractivity contribution in [3.63, 3.8) is 0 Å². The monoisotopic (exact) mass is 340 g/mol. The Bertz CT molecular complexity index is 438. The molecule has 2 rings (SSSR count). The van der Waals surface area contributed by atoms with Gasteiger partial charge in [0.2, 0.25) is 0 Å². The van der Waals surface area contributed by atoms with Crippen LogP contribution in [0.5, 0.6) is 0 Å². The molecule has 0 bridgehead atoms. The Morgan fingerprint density at radius 3 is 3.00 bits per heavy atom. The Kier molecular flexibility index (Phi) is 5.87. The second kappa shape index (κ2) is 7.43. The highest BCUT2D eigenvalue weighted by Crippen LogP contribution is 2.31. The molecule has 0 aliphatic carbocycles. The Hall–Kier alpha value is -0.580. The van der Waals surface area contributed by atoms with Gasteiger partial charge in [-0.05, 0) is 50.4 Å². The van der Waals surface area contributed by atoms with Gasteiger partial charge in [0.1, 0.15) is 0 Å². The van der Waals surface area contributed by atoms with Crippen LogP contribution in [0.25, 0.3) is 0 Å². The first-order valence-corrected chi connectivity index (χ1v) is 8.37. The molecule has 2 N–H and O–H groups in total. The molecule has 112 valence electrons. The van der Waals surface area contributed by atoms with Crippen molar-refractivity contribution in [2.24, 2.45) is 0 Å². The minimum absolute atomic E-state index is 0.200. The van der Waals surface area contributed by atoms with E-state index in [4.69, 9.17) is 0 Å². The van der Waals surface area contributed by atoms with E-state index in [1.54, 1.807) is 0 Å². The van der Waals surface area contributed by atoms with Crippen LogP contribution in [0.1, 0.15) is 44.7 Å². The lowest BCUT2D eigenvalue weighted by molar-refractivity contribution is 0.154. The fourth-order valence-corrected chi connectivity index (χ4v) is 3.15. The maximum atomic E-state index is 9.91. The van der Waals surface area contributed by atoms with Crippen molar-refractivity contribution in [1.29, 1.82) is 0 Å². The standard InChI is InChI=1S/C16H25BrN2O/c1-3-8-18-12(2)15-7-6-13(17)10-16(15)19-9-4-5-14(20)11-19/h6-7,10,12,14,18,20H,3-5,8-9,11H2,1-2H3. The van der Waals surface area contributed by atoms with Crippen LogP contribution in [0.2, 0.25) is 0 Å². The van der Waals surface area contributed by atoms with Gasteiger partial charge in [-0.25, -0.2) is 0 Å². The molecule has 4 heteroatoms. The topological polar surface area (TPSA) is 35.5 Å². The lowest BCUT2D eigenvalue weighted by Crippen LogP contribution is -2.39. The summed E-state index contributed by atoms with van der Waals surface area (Å²) < 4.78 is 1.10. The molecular weight excluding hydrogens is 316 g/mol. The van der Waals surface area contributed by atoms with Crippen LogP contribution in [0.15, 0.2) is 22.7 Å². The molecule has 2 unspecified atom stereocenters. The summed E-state index contributed by atoms with van der Waals surface area (Å²) in [5, 5.41) is 13.5. The average molecular weight is 341 g/mol. The van der Waals surface area contributed by atoms with E-state index in [2.05, 4.69) is 58.2 Å². The highest BCUT2D eigenvalue weighted by molar-refractivity contribution is 9.10. The number of β-amino-alcohol motifs (C(OH)–C–C–N with tert-alkyl or cyclic N) is 1. The molecule has 0 amide bonds. The van der Waals surface area contributed by atoms with Gasteiger partial charge in [0.25, 0.3) is 0 Å². The van der Waals surface area contributed by atoms with Crippen molar-refractivity contribution in [2.75, 3.05) is 24.5 Å². The number of hydrogen-bond donors (Lipinski definition) is 2. The van der Waals surface area contributed by atoms with Crippen LogP contribution in [-0.2, 0) is 0 Å². The molecule has 0 saturated carbocycles. The predicted molar refractivity (Wildman–Crippen MR) is 88.3 cm³/mol. The molecule has 0 radical (unpaired) electrons. The molecule has 1 aromatic carbocycles. The van der Waals surface area contributed by atoms with E-state index in [1.165, 1.54) is 11.3 Å². The molecule has 0 aromatic heterocycles. The fourth-order valence-electron chi connectivity index (χ4n) is 2.80. The van der Waals surface area contributed by atoms with Crippen LogP contribution in [-0.4, -0.2) is 30.8 Å². The lowest BCUT2D eigenvalue weighted by atomic mass is 10.0. The van der Waals surface area contributed by atoms with Crippen molar-refractivity contribution >= 4 is 21.6 Å². The normalized spacial score (nSPS) is 21.0. The highest BCUT2D eigenvalue weighted by Gasteiger charge is 2.21. The first-order valence-electron chi connectivity index (χ1n) is 7.57. The van der Waals surface area contributed by atoms with E-state index in [-0.39, 0.29) is 6.10 Å². The first-order chi connectivity index (χ1) is 9.61. The van der Waals surface area contributed by atoms with Gasteiger partial charge in [-0.3, -0.25) is 0 Å². The number of halogens is 1. The van der Waals surface area contributed by atoms with Crippen molar-refractivity contribution in [3.05, 3.63) is 28.2 Å². The fraction of sp³-hybridized carbons (Fsp3) is 0.625. The largest absolute Gasteiger partial charge is 0.391 e. The second-order valence-corrected chi connectivity index (χ2v) is 6.54. The summed E-state index contributed by atoms with van der Waals surface area (Å²) in [7, 11) is 0. The molecule has 1 fully saturated rings. The third kappa shape index (κ3) is 3.96. The van der Waals surface area contributed by atoms with E-state index in [0.29, 0.717) is 6.04 Å². The van der Waals surface area contributed by atoms with Crippen molar-refractivity contribution in [3.8, 4) is 0 Å². The summed E-state index contributed by atoms with van der Waals surface area (Å²) in [4.78, 5) is 2.32. The summed E-state index contributed by atoms with van der Waals surface area (Å²) in [5.41, 5.74) is 2.56. The predicted octanol–water partition coefficient (Wildman–Crippen LogP) is 3.47. The quantitative estimate of drug-likeness (QED) is 0.861. The van der Waals surface area contributed by atoms with Crippen LogP contribution in [0.3, 0.4) is 0 Å². The average Bonchev–Trinajstić information content (AvgIpc) is 2.44. The third-order valence-corrected chi connectivity index (χ3v) is 4.39. The van der Waals surface area contributed by atoms with E-state index in [0.717, 1.165) is 43.4 Å². The van der Waals surface area contributed by atoms with Crippen molar-refractivity contribution in [1.82, 2.24) is 5.32 Å². The van der Waals surface area contributed by atoms with Gasteiger partial charge in [-0.1, -0.05) is 28.9 Å². The van der Waals surface area contributed by atoms with Crippen molar-refractivity contribution in [2.45, 2.75) is 45.3 Å². The first kappa shape index (κ1) is 15.8. The smallest absolute Gasteiger partial charge is 0.0715 e. The Labute approximate surface area is 130 Å². The Balaban J connectivity index is 2.23. The van der Waals surface area contributed by atoms with Crippen LogP contribution >= 0.6 is 15.9 Å². The minimum atomic E-state index is -0.200. The van der Waals surface area contributed by atoms with Gasteiger partial charge in [0.15, 0.2) is 0 Å². The van der Waals surface area contributed by atoms with Gasteiger partial charge >= 0.3 is 0 Å². The maximum absolute atomic E-state index is 9.91. The molecule has 1 aliphatic rings. The second-order valence-electron chi connectivity index (χ2n) is 5.62. The van der Waals surface area contributed by atoms with Gasteiger partial charge in [-0.2, -0.15) is 0 Å². The SMILES string of the molecule is CCCNC(C)c1ccc(Br)cc1N1CCCC(O)C1. The molecule has 1 aromatic rings. The number of hydrogen-bond acceptors (Lipinski definition) is 3. The summed E-state index contributed by atoms with van der Waals surface area (Å²) in [6.07, 6.45) is 2.92. The molecule has 1 heterocycles. The molecular formula is C16H25BrN2O. The van der Waals surface area contributed by atoms with Gasteiger partial charge in [0, 0.05) is 29.3 Å². The van der Waals surface area contributed by atoms with E-state index in [1.807, 2.05) is 0 Å². The van der Waals surface area contributed by atoms with E-state index >= 15 is 0 Å². The molecule has 2 atom stereocenters. The van der Waals surface area contributed by atoms with Gasteiger partial charge in [0.05, 0.1) is 6.10 Å². The Morgan fingerprint density at radius 2 is 2.30 bits per heavy atom. The number of rotatable bonds is 5. The number of piperidine rings is 1. The number of anilines is 1. The summed E-state index contributed by atoms with van der Waals surface area (Å²) in [6.45, 7) is 7.19. The van der Waals surface area contributed by atoms with Crippen LogP contribution in [0.4, 0.5) is 5.69 Å². The maximum Gasteiger partial charge on any atom is 0.0715 e. The lowest BCUT2D eigenvalue weighted by Gasteiger charge is -2.34. The zero-order valence-corrected chi connectivity index (χ0v) is 14.0. The summed E-state index contributed by atoms with van der Waals surface area (Å²) in [5.74, 6) is 0. The third-order valence-electron chi connectivity index (χ3n) is 3.90. The Morgan fingerprint density at radius 1 is 1.50 bits per heavy atom. The number of benzene rings is 1. The summed E-state index contributed by atoms with van der Waals surface area (Å²) >= 11 is 3.57. The molecule has 3 nitrogen and oxygen atoms in total.